The molecule has 5 nitrogen and oxygen atoms in total. The van der Waals surface area contributed by atoms with Crippen LogP contribution in [0.15, 0.2) is 24.3 Å². The SMILES string of the molecule is NC(=O)OCCNc1ccccc1C(N)=S. The highest BCUT2D eigenvalue weighted by Crippen LogP contribution is 2.14. The van der Waals surface area contributed by atoms with Gasteiger partial charge in [-0.3, -0.25) is 0 Å². The highest BCUT2D eigenvalue weighted by molar-refractivity contribution is 7.80. The number of amides is 1. The number of carbonyl (C=O) groups excluding carboxylic acids is 1. The van der Waals surface area contributed by atoms with Crippen LogP contribution in [0.5, 0.6) is 0 Å². The fourth-order valence-corrected chi connectivity index (χ4v) is 1.37. The summed E-state index contributed by atoms with van der Waals surface area (Å²) in [4.78, 5) is 10.6. The van der Waals surface area contributed by atoms with Crippen LogP contribution < -0.4 is 16.8 Å². The first-order valence-electron chi connectivity index (χ1n) is 4.66. The average molecular weight is 239 g/mol. The first kappa shape index (κ1) is 12.3. The van der Waals surface area contributed by atoms with Gasteiger partial charge < -0.3 is 21.5 Å². The van der Waals surface area contributed by atoms with Gasteiger partial charge in [0.05, 0.1) is 0 Å². The van der Waals surface area contributed by atoms with E-state index in [1.807, 2.05) is 24.3 Å². The Morgan fingerprint density at radius 3 is 2.69 bits per heavy atom. The predicted octanol–water partition coefficient (Wildman–Crippen LogP) is 0.828. The molecule has 6 heteroatoms. The van der Waals surface area contributed by atoms with Crippen molar-refractivity contribution >= 4 is 29.0 Å². The van der Waals surface area contributed by atoms with Gasteiger partial charge in [0.2, 0.25) is 0 Å². The Kier molecular flexibility index (Phi) is 4.53. The minimum atomic E-state index is -0.788. The second-order valence-corrected chi connectivity index (χ2v) is 3.44. The molecule has 1 aromatic rings. The predicted molar refractivity (Wildman–Crippen MR) is 66.4 cm³/mol. The van der Waals surface area contributed by atoms with E-state index >= 15 is 0 Å². The van der Waals surface area contributed by atoms with E-state index in [0.717, 1.165) is 11.3 Å². The van der Waals surface area contributed by atoms with Crippen LogP contribution in [-0.4, -0.2) is 24.2 Å². The van der Waals surface area contributed by atoms with Crippen molar-refractivity contribution in [2.24, 2.45) is 11.5 Å². The Morgan fingerprint density at radius 2 is 2.06 bits per heavy atom. The molecule has 0 heterocycles. The molecule has 0 radical (unpaired) electrons. The molecule has 0 aliphatic carbocycles. The second-order valence-electron chi connectivity index (χ2n) is 3.00. The number of nitrogens with one attached hydrogen (secondary N) is 1. The van der Waals surface area contributed by atoms with E-state index in [1.54, 1.807) is 0 Å². The van der Waals surface area contributed by atoms with E-state index in [2.05, 4.69) is 10.1 Å². The molecule has 0 aromatic heterocycles. The molecule has 0 saturated carbocycles. The zero-order valence-electron chi connectivity index (χ0n) is 8.60. The van der Waals surface area contributed by atoms with E-state index in [0.29, 0.717) is 11.5 Å². The molecule has 86 valence electrons. The zero-order valence-corrected chi connectivity index (χ0v) is 9.42. The van der Waals surface area contributed by atoms with Gasteiger partial charge in [0.15, 0.2) is 0 Å². The number of benzene rings is 1. The van der Waals surface area contributed by atoms with Gasteiger partial charge in [-0.25, -0.2) is 4.79 Å². The molecule has 1 amide bonds. The lowest BCUT2D eigenvalue weighted by atomic mass is 10.2. The summed E-state index contributed by atoms with van der Waals surface area (Å²) in [6.45, 7) is 0.642. The fraction of sp³-hybridized carbons (Fsp3) is 0.200. The molecule has 0 spiro atoms. The molecular weight excluding hydrogens is 226 g/mol. The number of primary amides is 1. The van der Waals surface area contributed by atoms with Gasteiger partial charge in [-0.2, -0.15) is 0 Å². The van der Waals surface area contributed by atoms with Crippen LogP contribution in [0.1, 0.15) is 5.56 Å². The second kappa shape index (κ2) is 5.92. The highest BCUT2D eigenvalue weighted by atomic mass is 32.1. The lowest BCUT2D eigenvalue weighted by Crippen LogP contribution is -2.19. The molecule has 0 bridgehead atoms. The van der Waals surface area contributed by atoms with Crippen molar-refractivity contribution in [1.82, 2.24) is 0 Å². The lowest BCUT2D eigenvalue weighted by molar-refractivity contribution is 0.161. The number of hydrogen-bond donors (Lipinski definition) is 3. The number of rotatable bonds is 5. The molecule has 0 unspecified atom stereocenters. The molecule has 16 heavy (non-hydrogen) atoms. The van der Waals surface area contributed by atoms with Crippen molar-refractivity contribution in [3.63, 3.8) is 0 Å². The third-order valence-corrected chi connectivity index (χ3v) is 2.07. The molecule has 1 rings (SSSR count). The summed E-state index contributed by atoms with van der Waals surface area (Å²) in [5.74, 6) is 0. The summed E-state index contributed by atoms with van der Waals surface area (Å²) >= 11 is 4.90. The number of nitrogens with two attached hydrogens (primary N) is 2. The van der Waals surface area contributed by atoms with E-state index < -0.39 is 6.09 Å². The third-order valence-electron chi connectivity index (χ3n) is 1.85. The summed E-state index contributed by atoms with van der Waals surface area (Å²) < 4.78 is 4.58. The van der Waals surface area contributed by atoms with Crippen LogP contribution in [0, 0.1) is 0 Å². The Hall–Kier alpha value is -1.82. The summed E-state index contributed by atoms with van der Waals surface area (Å²) in [7, 11) is 0. The number of carbonyl (C=O) groups is 1. The van der Waals surface area contributed by atoms with Gasteiger partial charge in [-0.1, -0.05) is 24.4 Å². The monoisotopic (exact) mass is 239 g/mol. The van der Waals surface area contributed by atoms with Gasteiger partial charge in [0, 0.05) is 17.8 Å². The van der Waals surface area contributed by atoms with Crippen molar-refractivity contribution in [3.8, 4) is 0 Å². The number of para-hydroxylation sites is 1. The maximum Gasteiger partial charge on any atom is 0.404 e. The van der Waals surface area contributed by atoms with Crippen LogP contribution in [0.2, 0.25) is 0 Å². The number of hydrogen-bond acceptors (Lipinski definition) is 4. The Labute approximate surface area is 98.8 Å². The van der Waals surface area contributed by atoms with Crippen molar-refractivity contribution in [3.05, 3.63) is 29.8 Å². The Balaban J connectivity index is 2.53. The van der Waals surface area contributed by atoms with Crippen molar-refractivity contribution in [2.45, 2.75) is 0 Å². The smallest absolute Gasteiger partial charge is 0.404 e. The van der Waals surface area contributed by atoms with E-state index in [4.69, 9.17) is 23.7 Å². The highest BCUT2D eigenvalue weighted by Gasteiger charge is 2.03. The molecule has 0 fully saturated rings. The molecule has 5 N–H and O–H groups in total. The topological polar surface area (TPSA) is 90.4 Å². The molecule has 0 saturated heterocycles. The average Bonchev–Trinajstić information content (AvgIpc) is 2.24. The first-order chi connectivity index (χ1) is 7.61. The van der Waals surface area contributed by atoms with Gasteiger partial charge in [0.1, 0.15) is 11.6 Å². The van der Waals surface area contributed by atoms with E-state index in [1.165, 1.54) is 0 Å². The summed E-state index contributed by atoms with van der Waals surface area (Å²) in [6.07, 6.45) is -0.788. The third kappa shape index (κ3) is 3.74. The first-order valence-corrected chi connectivity index (χ1v) is 5.07. The molecule has 0 atom stereocenters. The quantitative estimate of drug-likeness (QED) is 0.523. The molecule has 0 aliphatic heterocycles. The van der Waals surface area contributed by atoms with Crippen LogP contribution in [0.4, 0.5) is 10.5 Å². The van der Waals surface area contributed by atoms with Gasteiger partial charge in [-0.15, -0.1) is 0 Å². The Bertz CT molecular complexity index is 395. The maximum atomic E-state index is 10.3. The zero-order chi connectivity index (χ0) is 12.0. The van der Waals surface area contributed by atoms with Crippen molar-refractivity contribution < 1.29 is 9.53 Å². The number of thiocarbonyl (C=S) groups is 1. The largest absolute Gasteiger partial charge is 0.448 e. The van der Waals surface area contributed by atoms with Crippen LogP contribution in [0.3, 0.4) is 0 Å². The molecule has 1 aromatic carbocycles. The van der Waals surface area contributed by atoms with Crippen LogP contribution in [-0.2, 0) is 4.74 Å². The molecule has 0 aliphatic rings. The minimum absolute atomic E-state index is 0.195. The van der Waals surface area contributed by atoms with Crippen molar-refractivity contribution in [2.75, 3.05) is 18.5 Å². The summed E-state index contributed by atoms with van der Waals surface area (Å²) in [5, 5.41) is 3.05. The fourth-order valence-electron chi connectivity index (χ4n) is 1.19. The maximum absolute atomic E-state index is 10.3. The minimum Gasteiger partial charge on any atom is -0.448 e. The number of ether oxygens (including phenoxy) is 1. The standard InChI is InChI=1S/C10H13N3O2S/c11-9(16)7-3-1-2-4-8(7)13-5-6-15-10(12)14/h1-4,13H,5-6H2,(H2,11,16)(H2,12,14). The normalized spacial score (nSPS) is 9.50. The van der Waals surface area contributed by atoms with Gasteiger partial charge >= 0.3 is 6.09 Å². The summed E-state index contributed by atoms with van der Waals surface area (Å²) in [5.41, 5.74) is 11.9. The van der Waals surface area contributed by atoms with E-state index in [9.17, 15) is 4.79 Å². The number of anilines is 1. The van der Waals surface area contributed by atoms with Crippen LogP contribution in [0.25, 0.3) is 0 Å². The van der Waals surface area contributed by atoms with Crippen LogP contribution >= 0.6 is 12.2 Å². The lowest BCUT2D eigenvalue weighted by Gasteiger charge is -2.10. The van der Waals surface area contributed by atoms with Gasteiger partial charge in [0.25, 0.3) is 0 Å². The van der Waals surface area contributed by atoms with Crippen molar-refractivity contribution in [1.29, 1.82) is 0 Å². The Morgan fingerprint density at radius 1 is 1.38 bits per heavy atom. The molecular formula is C10H13N3O2S. The van der Waals surface area contributed by atoms with Gasteiger partial charge in [-0.05, 0) is 12.1 Å². The summed E-state index contributed by atoms with van der Waals surface area (Å²) in [6, 6.07) is 7.37. The van der Waals surface area contributed by atoms with E-state index in [-0.39, 0.29) is 6.61 Å².